The number of aryl methyl sites for hydroxylation is 1. The molecular formula is C18H22N2O. The van der Waals surface area contributed by atoms with Crippen LogP contribution in [-0.2, 0) is 19.3 Å². The summed E-state index contributed by atoms with van der Waals surface area (Å²) in [5.74, 6) is 1.04. The lowest BCUT2D eigenvalue weighted by molar-refractivity contribution is 0.356. The van der Waals surface area contributed by atoms with Crippen molar-refractivity contribution in [1.29, 1.82) is 0 Å². The molecule has 0 aliphatic carbocycles. The van der Waals surface area contributed by atoms with Crippen LogP contribution in [0.25, 0.3) is 0 Å². The Morgan fingerprint density at radius 1 is 1.29 bits per heavy atom. The van der Waals surface area contributed by atoms with Gasteiger partial charge in [0.25, 0.3) is 0 Å². The highest BCUT2D eigenvalue weighted by Crippen LogP contribution is 2.29. The van der Waals surface area contributed by atoms with E-state index in [0.717, 1.165) is 37.3 Å². The van der Waals surface area contributed by atoms with Gasteiger partial charge in [0.05, 0.1) is 6.61 Å². The van der Waals surface area contributed by atoms with E-state index in [4.69, 9.17) is 4.74 Å². The summed E-state index contributed by atoms with van der Waals surface area (Å²) in [5.41, 5.74) is 5.04. The summed E-state index contributed by atoms with van der Waals surface area (Å²) in [6.07, 6.45) is 4.94. The van der Waals surface area contributed by atoms with E-state index in [1.165, 1.54) is 16.7 Å². The third-order valence-corrected chi connectivity index (χ3v) is 4.17. The van der Waals surface area contributed by atoms with Gasteiger partial charge < -0.3 is 10.1 Å². The Hall–Kier alpha value is -1.87. The topological polar surface area (TPSA) is 34.1 Å². The number of ether oxygens (including phenoxy) is 1. The van der Waals surface area contributed by atoms with E-state index in [1.807, 2.05) is 13.2 Å². The monoisotopic (exact) mass is 282 g/mol. The number of nitrogens with zero attached hydrogens (tertiary/aromatic N) is 1. The molecule has 0 saturated heterocycles. The third-order valence-electron chi connectivity index (χ3n) is 4.17. The predicted molar refractivity (Wildman–Crippen MR) is 84.8 cm³/mol. The van der Waals surface area contributed by atoms with E-state index in [0.29, 0.717) is 0 Å². The lowest BCUT2D eigenvalue weighted by Crippen LogP contribution is -2.19. The number of likely N-dealkylation sites (N-methyl/N-ethyl adjacent to an activating group) is 1. The number of benzene rings is 1. The predicted octanol–water partition coefficient (Wildman–Crippen LogP) is 3.08. The van der Waals surface area contributed by atoms with Crippen LogP contribution >= 0.6 is 0 Å². The van der Waals surface area contributed by atoms with Gasteiger partial charge in [-0.1, -0.05) is 25.1 Å². The Labute approximate surface area is 126 Å². The van der Waals surface area contributed by atoms with Crippen molar-refractivity contribution in [3.63, 3.8) is 0 Å². The largest absolute Gasteiger partial charge is 0.493 e. The highest BCUT2D eigenvalue weighted by atomic mass is 16.5. The van der Waals surface area contributed by atoms with Crippen LogP contribution in [0.1, 0.15) is 35.3 Å². The Morgan fingerprint density at radius 3 is 2.90 bits per heavy atom. The Kier molecular flexibility index (Phi) is 4.20. The molecule has 2 aromatic rings. The number of nitrogens with one attached hydrogen (secondary N) is 1. The van der Waals surface area contributed by atoms with Gasteiger partial charge in [0.2, 0.25) is 0 Å². The first-order chi connectivity index (χ1) is 10.3. The van der Waals surface area contributed by atoms with Crippen LogP contribution in [0.2, 0.25) is 0 Å². The Bertz CT molecular complexity index is 607. The van der Waals surface area contributed by atoms with E-state index < -0.39 is 0 Å². The van der Waals surface area contributed by atoms with E-state index in [9.17, 15) is 0 Å². The second-order valence-corrected chi connectivity index (χ2v) is 5.52. The summed E-state index contributed by atoms with van der Waals surface area (Å²) < 4.78 is 5.58. The smallest absolute Gasteiger partial charge is 0.122 e. The molecule has 0 radical (unpaired) electrons. The second-order valence-electron chi connectivity index (χ2n) is 5.52. The standard InChI is InChI=1S/C18H22N2O/c1-3-13-4-6-16(20-12-13)11-17(19-2)14-5-7-18-15(10-14)8-9-21-18/h4-7,10,12,17,19H,3,8-9,11H2,1-2H3. The minimum absolute atomic E-state index is 0.288. The van der Waals surface area contributed by atoms with Crippen LogP contribution in [0.3, 0.4) is 0 Å². The molecule has 0 bridgehead atoms. The van der Waals surface area contributed by atoms with Crippen molar-refractivity contribution >= 4 is 0 Å². The minimum atomic E-state index is 0.288. The summed E-state index contributed by atoms with van der Waals surface area (Å²) in [7, 11) is 2.01. The van der Waals surface area contributed by atoms with Gasteiger partial charge in [-0.2, -0.15) is 0 Å². The molecule has 3 nitrogen and oxygen atoms in total. The molecule has 1 aromatic carbocycles. The lowest BCUT2D eigenvalue weighted by atomic mass is 9.98. The zero-order chi connectivity index (χ0) is 14.7. The fourth-order valence-electron chi connectivity index (χ4n) is 2.80. The van der Waals surface area contributed by atoms with Gasteiger partial charge in [0, 0.05) is 30.8 Å². The molecule has 110 valence electrons. The van der Waals surface area contributed by atoms with Crippen LogP contribution < -0.4 is 10.1 Å². The maximum atomic E-state index is 5.58. The van der Waals surface area contributed by atoms with Crippen molar-refractivity contribution in [3.8, 4) is 5.75 Å². The van der Waals surface area contributed by atoms with Gasteiger partial charge in [-0.05, 0) is 42.3 Å². The summed E-state index contributed by atoms with van der Waals surface area (Å²) in [5, 5.41) is 3.41. The molecule has 21 heavy (non-hydrogen) atoms. The fraction of sp³-hybridized carbons (Fsp3) is 0.389. The van der Waals surface area contributed by atoms with Crippen molar-refractivity contribution in [1.82, 2.24) is 10.3 Å². The van der Waals surface area contributed by atoms with Gasteiger partial charge in [0.1, 0.15) is 5.75 Å². The maximum absolute atomic E-state index is 5.58. The van der Waals surface area contributed by atoms with Crippen LogP contribution in [-0.4, -0.2) is 18.6 Å². The minimum Gasteiger partial charge on any atom is -0.493 e. The van der Waals surface area contributed by atoms with Crippen molar-refractivity contribution < 1.29 is 4.74 Å². The summed E-state index contributed by atoms with van der Waals surface area (Å²) in [6.45, 7) is 2.96. The highest BCUT2D eigenvalue weighted by Gasteiger charge is 2.16. The van der Waals surface area contributed by atoms with Crippen molar-refractivity contribution in [2.24, 2.45) is 0 Å². The van der Waals surface area contributed by atoms with E-state index >= 15 is 0 Å². The van der Waals surface area contributed by atoms with Crippen LogP contribution in [0, 0.1) is 0 Å². The number of hydrogen-bond donors (Lipinski definition) is 1. The second kappa shape index (κ2) is 6.27. The van der Waals surface area contributed by atoms with Crippen LogP contribution in [0.15, 0.2) is 36.5 Å². The first-order valence-electron chi connectivity index (χ1n) is 7.67. The first kappa shape index (κ1) is 14.1. The van der Waals surface area contributed by atoms with Gasteiger partial charge in [-0.25, -0.2) is 0 Å². The molecule has 3 rings (SSSR count). The van der Waals surface area contributed by atoms with E-state index in [-0.39, 0.29) is 6.04 Å². The highest BCUT2D eigenvalue weighted by molar-refractivity contribution is 5.41. The zero-order valence-corrected chi connectivity index (χ0v) is 12.7. The van der Waals surface area contributed by atoms with Crippen LogP contribution in [0.5, 0.6) is 5.75 Å². The fourth-order valence-corrected chi connectivity index (χ4v) is 2.80. The van der Waals surface area contributed by atoms with Gasteiger partial charge in [0.15, 0.2) is 0 Å². The van der Waals surface area contributed by atoms with E-state index in [2.05, 4.69) is 47.6 Å². The van der Waals surface area contributed by atoms with E-state index in [1.54, 1.807) is 0 Å². The molecule has 1 aliphatic heterocycles. The molecule has 3 heteroatoms. The summed E-state index contributed by atoms with van der Waals surface area (Å²) >= 11 is 0. The van der Waals surface area contributed by atoms with Gasteiger partial charge in [-0.15, -0.1) is 0 Å². The third kappa shape index (κ3) is 3.08. The van der Waals surface area contributed by atoms with Gasteiger partial charge >= 0.3 is 0 Å². The normalized spacial score (nSPS) is 14.6. The summed E-state index contributed by atoms with van der Waals surface area (Å²) in [6, 6.07) is 11.1. The molecule has 0 saturated carbocycles. The molecule has 1 atom stereocenters. The number of fused-ring (bicyclic) bond motifs is 1. The average Bonchev–Trinajstić information content (AvgIpc) is 3.00. The van der Waals surface area contributed by atoms with Crippen molar-refractivity contribution in [2.75, 3.05) is 13.7 Å². The van der Waals surface area contributed by atoms with Crippen LogP contribution in [0.4, 0.5) is 0 Å². The number of hydrogen-bond acceptors (Lipinski definition) is 3. The number of pyridine rings is 1. The molecular weight excluding hydrogens is 260 g/mol. The average molecular weight is 282 g/mol. The molecule has 1 aromatic heterocycles. The molecule has 1 unspecified atom stereocenters. The molecule has 0 spiro atoms. The Morgan fingerprint density at radius 2 is 2.19 bits per heavy atom. The molecule has 0 fully saturated rings. The Balaban J connectivity index is 1.78. The SMILES string of the molecule is CCc1ccc(CC(NC)c2ccc3c(c2)CCO3)nc1. The summed E-state index contributed by atoms with van der Waals surface area (Å²) in [4.78, 5) is 4.57. The van der Waals surface area contributed by atoms with Gasteiger partial charge in [-0.3, -0.25) is 4.98 Å². The first-order valence-corrected chi connectivity index (χ1v) is 7.67. The van der Waals surface area contributed by atoms with Crippen molar-refractivity contribution in [2.45, 2.75) is 32.2 Å². The molecule has 0 amide bonds. The quantitative estimate of drug-likeness (QED) is 0.915. The lowest BCUT2D eigenvalue weighted by Gasteiger charge is -2.17. The van der Waals surface area contributed by atoms with Crippen molar-refractivity contribution in [3.05, 3.63) is 58.9 Å². The number of aromatic nitrogens is 1. The zero-order valence-electron chi connectivity index (χ0n) is 12.7. The number of rotatable bonds is 5. The maximum Gasteiger partial charge on any atom is 0.122 e. The molecule has 1 N–H and O–H groups in total. The molecule has 2 heterocycles. The molecule has 1 aliphatic rings.